The lowest BCUT2D eigenvalue weighted by Crippen LogP contribution is -2.16. The van der Waals surface area contributed by atoms with Crippen LogP contribution in [0.15, 0.2) is 35.4 Å². The predicted octanol–water partition coefficient (Wildman–Crippen LogP) is 2.53. The van der Waals surface area contributed by atoms with Gasteiger partial charge in [0.2, 0.25) is 5.28 Å². The van der Waals surface area contributed by atoms with Crippen LogP contribution in [0.25, 0.3) is 0 Å². The van der Waals surface area contributed by atoms with Crippen molar-refractivity contribution in [3.63, 3.8) is 0 Å². The van der Waals surface area contributed by atoms with Gasteiger partial charge in [-0.05, 0) is 70.6 Å². The van der Waals surface area contributed by atoms with E-state index < -0.39 is 9.71 Å². The summed E-state index contributed by atoms with van der Waals surface area (Å²) >= 11 is 7.89. The standard InChI is InChI=1S/C14H17ClIN5OS/c15-14-20-9-12(16)13(21-14)19-6-1-2-7-23(18,22)11-5-3-4-10(17)8-11/h3-5,7-9H,1-2,6,17H2,(H2,18,22)(H,19,20,21). The maximum atomic E-state index is 12.5. The zero-order chi connectivity index (χ0) is 16.9. The van der Waals surface area contributed by atoms with Crippen molar-refractivity contribution in [3.05, 3.63) is 39.3 Å². The van der Waals surface area contributed by atoms with Crippen molar-refractivity contribution in [1.29, 1.82) is 0 Å². The molecule has 0 fully saturated rings. The Kier molecular flexibility index (Phi) is 6.45. The molecule has 0 saturated heterocycles. The van der Waals surface area contributed by atoms with Crippen LogP contribution < -0.4 is 16.2 Å². The number of unbranched alkanes of at least 4 members (excludes halogenated alkanes) is 1. The second-order valence-electron chi connectivity index (χ2n) is 4.79. The van der Waals surface area contributed by atoms with Crippen molar-refractivity contribution in [2.45, 2.75) is 17.7 Å². The first-order valence-corrected chi connectivity index (χ1v) is 9.95. The summed E-state index contributed by atoms with van der Waals surface area (Å²) in [7, 11) is -2.67. The second kappa shape index (κ2) is 8.13. The van der Waals surface area contributed by atoms with Gasteiger partial charge in [-0.3, -0.25) is 5.14 Å². The third-order valence-corrected chi connectivity index (χ3v) is 5.67. The molecule has 1 unspecified atom stereocenters. The van der Waals surface area contributed by atoms with E-state index in [0.717, 1.165) is 9.99 Å². The number of nitrogens with zero attached hydrogens (tertiary/aromatic N) is 2. The van der Waals surface area contributed by atoms with E-state index >= 15 is 0 Å². The molecule has 0 amide bonds. The van der Waals surface area contributed by atoms with Gasteiger partial charge in [-0.15, -0.1) is 0 Å². The van der Waals surface area contributed by atoms with Gasteiger partial charge in [0.25, 0.3) is 0 Å². The molecule has 0 aliphatic carbocycles. The van der Waals surface area contributed by atoms with Crippen LogP contribution in [0.1, 0.15) is 12.8 Å². The molecular formula is C14H17ClIN5OS. The molecule has 1 aromatic heterocycles. The molecule has 0 aliphatic heterocycles. The molecule has 1 aromatic carbocycles. The van der Waals surface area contributed by atoms with E-state index in [1.807, 2.05) is 0 Å². The zero-order valence-electron chi connectivity index (χ0n) is 12.2. The Morgan fingerprint density at radius 2 is 2.22 bits per heavy atom. The summed E-state index contributed by atoms with van der Waals surface area (Å²) in [6.45, 7) is 0.659. The first kappa shape index (κ1) is 18.2. The van der Waals surface area contributed by atoms with Crippen molar-refractivity contribution < 1.29 is 4.21 Å². The quantitative estimate of drug-likeness (QED) is 0.200. The highest BCUT2D eigenvalue weighted by Crippen LogP contribution is 2.16. The molecule has 124 valence electrons. The van der Waals surface area contributed by atoms with Crippen molar-refractivity contribution >= 4 is 60.8 Å². The van der Waals surface area contributed by atoms with E-state index in [0.29, 0.717) is 29.4 Å². The van der Waals surface area contributed by atoms with Gasteiger partial charge in [0.05, 0.1) is 13.3 Å². The fourth-order valence-electron chi connectivity index (χ4n) is 1.85. The Bertz CT molecular complexity index is 808. The summed E-state index contributed by atoms with van der Waals surface area (Å²) in [6, 6.07) is 6.84. The SMILES string of the molecule is Nc1cccc(S(N)(=O)=CCCCNc2nc(Cl)ncc2I)c1. The largest absolute Gasteiger partial charge is 0.399 e. The maximum absolute atomic E-state index is 12.5. The molecule has 6 nitrogen and oxygen atoms in total. The lowest BCUT2D eigenvalue weighted by atomic mass is 10.3. The van der Waals surface area contributed by atoms with Gasteiger partial charge in [0.15, 0.2) is 0 Å². The van der Waals surface area contributed by atoms with Gasteiger partial charge < -0.3 is 11.1 Å². The summed E-state index contributed by atoms with van der Waals surface area (Å²) in [5.41, 5.74) is 6.24. The average Bonchev–Trinajstić information content (AvgIpc) is 2.50. The molecule has 1 atom stereocenters. The van der Waals surface area contributed by atoms with E-state index in [4.69, 9.17) is 22.5 Å². The van der Waals surface area contributed by atoms with Gasteiger partial charge in [-0.1, -0.05) is 6.07 Å². The number of aromatic nitrogens is 2. The molecule has 23 heavy (non-hydrogen) atoms. The predicted molar refractivity (Wildman–Crippen MR) is 105 cm³/mol. The Morgan fingerprint density at radius 1 is 1.43 bits per heavy atom. The molecule has 5 N–H and O–H groups in total. The minimum Gasteiger partial charge on any atom is -0.399 e. The number of anilines is 2. The second-order valence-corrected chi connectivity index (χ2v) is 8.39. The van der Waals surface area contributed by atoms with Gasteiger partial charge in [-0.2, -0.15) is 4.98 Å². The molecule has 0 radical (unpaired) electrons. The van der Waals surface area contributed by atoms with Crippen LogP contribution in [0.5, 0.6) is 0 Å². The van der Waals surface area contributed by atoms with Crippen LogP contribution in [0.3, 0.4) is 0 Å². The van der Waals surface area contributed by atoms with Crippen LogP contribution in [0.2, 0.25) is 5.28 Å². The number of hydrogen-bond donors (Lipinski definition) is 3. The van der Waals surface area contributed by atoms with E-state index in [1.165, 1.54) is 0 Å². The topological polar surface area (TPSA) is 107 Å². The molecule has 1 heterocycles. The number of nitrogen functional groups attached to an aromatic ring is 1. The highest BCUT2D eigenvalue weighted by molar-refractivity contribution is 14.1. The summed E-state index contributed by atoms with van der Waals surface area (Å²) in [5, 5.41) is 10.9. The molecule has 2 aromatic rings. The lowest BCUT2D eigenvalue weighted by molar-refractivity contribution is 0.682. The Balaban J connectivity index is 1.91. The Labute approximate surface area is 154 Å². The Morgan fingerprint density at radius 3 is 2.96 bits per heavy atom. The van der Waals surface area contributed by atoms with E-state index in [2.05, 4.69) is 37.9 Å². The van der Waals surface area contributed by atoms with Gasteiger partial charge >= 0.3 is 0 Å². The highest BCUT2D eigenvalue weighted by Gasteiger charge is 2.05. The third kappa shape index (κ3) is 5.48. The van der Waals surface area contributed by atoms with Crippen LogP contribution in [-0.2, 0) is 9.71 Å². The molecular weight excluding hydrogens is 449 g/mol. The van der Waals surface area contributed by atoms with Gasteiger partial charge in [0, 0.05) is 23.3 Å². The molecule has 0 saturated carbocycles. The van der Waals surface area contributed by atoms with Gasteiger partial charge in [-0.25, -0.2) is 9.19 Å². The fourth-order valence-corrected chi connectivity index (χ4v) is 3.75. The molecule has 0 spiro atoms. The number of halogens is 2. The third-order valence-electron chi connectivity index (χ3n) is 2.98. The zero-order valence-corrected chi connectivity index (χ0v) is 15.9. The number of benzene rings is 1. The van der Waals surface area contributed by atoms with E-state index in [1.54, 1.807) is 35.8 Å². The minimum absolute atomic E-state index is 0.200. The first-order valence-electron chi connectivity index (χ1n) is 6.81. The normalized spacial score (nSPS) is 13.3. The first-order chi connectivity index (χ1) is 10.9. The van der Waals surface area contributed by atoms with Crippen LogP contribution in [-0.4, -0.2) is 26.1 Å². The summed E-state index contributed by atoms with van der Waals surface area (Å²) < 4.78 is 13.4. The maximum Gasteiger partial charge on any atom is 0.224 e. The number of nitrogens with one attached hydrogen (secondary N) is 1. The summed E-state index contributed by atoms with van der Waals surface area (Å²) in [5.74, 6) is 0.690. The van der Waals surface area contributed by atoms with Crippen molar-refractivity contribution in [1.82, 2.24) is 9.97 Å². The average molecular weight is 466 g/mol. The highest BCUT2D eigenvalue weighted by atomic mass is 127. The van der Waals surface area contributed by atoms with Crippen LogP contribution in [0, 0.1) is 3.57 Å². The van der Waals surface area contributed by atoms with Crippen LogP contribution in [0.4, 0.5) is 11.5 Å². The molecule has 0 aliphatic rings. The number of hydrogen-bond acceptors (Lipinski definition) is 5. The minimum atomic E-state index is -2.67. The van der Waals surface area contributed by atoms with Crippen molar-refractivity contribution in [2.24, 2.45) is 5.14 Å². The molecule has 2 rings (SSSR count). The molecule has 9 heteroatoms. The van der Waals surface area contributed by atoms with Crippen molar-refractivity contribution in [2.75, 3.05) is 17.6 Å². The monoisotopic (exact) mass is 465 g/mol. The van der Waals surface area contributed by atoms with E-state index in [-0.39, 0.29) is 5.28 Å². The smallest absolute Gasteiger partial charge is 0.224 e. The number of nitrogens with two attached hydrogens (primary N) is 2. The van der Waals surface area contributed by atoms with Crippen LogP contribution >= 0.6 is 34.2 Å². The van der Waals surface area contributed by atoms with Gasteiger partial charge in [0.1, 0.15) is 5.82 Å². The lowest BCUT2D eigenvalue weighted by Gasteiger charge is -2.08. The number of rotatable bonds is 6. The van der Waals surface area contributed by atoms with Crippen molar-refractivity contribution in [3.8, 4) is 0 Å². The Hall–Kier alpha value is -1.10. The summed E-state index contributed by atoms with van der Waals surface area (Å²) in [4.78, 5) is 8.54. The molecule has 0 bridgehead atoms. The van der Waals surface area contributed by atoms with E-state index in [9.17, 15) is 4.21 Å². The summed E-state index contributed by atoms with van der Waals surface area (Å²) in [6.07, 6.45) is 3.01. The fraction of sp³-hybridized carbons (Fsp3) is 0.214.